The number of phenolic OH excluding ortho intramolecular Hbond substituents is 1. The number of hydrogen-bond acceptors (Lipinski definition) is 5. The van der Waals surface area contributed by atoms with Gasteiger partial charge < -0.3 is 34.3 Å². The number of nitrogens with zero attached hydrogens (tertiary/aromatic N) is 2. The number of benzene rings is 2. The lowest BCUT2D eigenvalue weighted by Gasteiger charge is -2.26. The van der Waals surface area contributed by atoms with E-state index in [1.54, 1.807) is 21.9 Å². The number of halogens is 1. The molecule has 37 heavy (non-hydrogen) atoms. The van der Waals surface area contributed by atoms with Crippen LogP contribution in [-0.4, -0.2) is 71.2 Å². The van der Waals surface area contributed by atoms with E-state index >= 15 is 0 Å². The van der Waals surface area contributed by atoms with Crippen molar-refractivity contribution in [3.05, 3.63) is 53.3 Å². The molecule has 9 nitrogen and oxygen atoms in total. The van der Waals surface area contributed by atoms with Crippen LogP contribution in [0.15, 0.2) is 36.4 Å². The average molecular weight is 523 g/mol. The summed E-state index contributed by atoms with van der Waals surface area (Å²) in [6.45, 7) is 4.92. The molecule has 3 N–H and O–H groups in total. The number of aromatic amines is 2. The number of rotatable bonds is 5. The molecule has 2 amide bonds. The number of carbonyl (C=O) groups excluding carboxylic acids is 2. The van der Waals surface area contributed by atoms with Crippen LogP contribution in [0.3, 0.4) is 0 Å². The van der Waals surface area contributed by atoms with Gasteiger partial charge in [0.25, 0.3) is 11.8 Å². The summed E-state index contributed by atoms with van der Waals surface area (Å²) in [6.07, 6.45) is 0.910. The van der Waals surface area contributed by atoms with Crippen molar-refractivity contribution in [1.29, 1.82) is 0 Å². The van der Waals surface area contributed by atoms with Gasteiger partial charge in [0.05, 0.1) is 36.4 Å². The Morgan fingerprint density at radius 2 is 1.89 bits per heavy atom. The number of H-pyrrole nitrogens is 2. The van der Waals surface area contributed by atoms with Crippen LogP contribution in [0.4, 0.5) is 5.69 Å². The highest BCUT2D eigenvalue weighted by atomic mass is 35.5. The minimum atomic E-state index is -0.498. The molecule has 2 aliphatic heterocycles. The summed E-state index contributed by atoms with van der Waals surface area (Å²) in [6, 6.07) is 10.7. The number of hydrogen-bond donors (Lipinski definition) is 3. The van der Waals surface area contributed by atoms with Crippen molar-refractivity contribution >= 4 is 50.9 Å². The van der Waals surface area contributed by atoms with Crippen LogP contribution >= 0.6 is 11.6 Å². The predicted octanol–water partition coefficient (Wildman–Crippen LogP) is 4.56. The zero-order valence-electron chi connectivity index (χ0n) is 20.3. The maximum absolute atomic E-state index is 13.6. The Balaban J connectivity index is 1.34. The summed E-state index contributed by atoms with van der Waals surface area (Å²) in [4.78, 5) is 36.2. The molecule has 0 aliphatic carbocycles. The van der Waals surface area contributed by atoms with E-state index in [4.69, 9.17) is 21.1 Å². The number of ether oxygens (including phenoxy) is 2. The molecule has 10 heteroatoms. The topological polar surface area (TPSA) is 111 Å². The summed E-state index contributed by atoms with van der Waals surface area (Å²) in [5.41, 5.74) is 3.28. The SMILES string of the molecule is CCCOc1ccc2[nH]c(C(=O)N3CC(Cl)c4c3cc(O)c3[nH]c(C(=O)N5CCOCC5)cc43)cc2c1. The minimum Gasteiger partial charge on any atom is -0.506 e. The van der Waals surface area contributed by atoms with Gasteiger partial charge in [-0.3, -0.25) is 9.59 Å². The van der Waals surface area contributed by atoms with Crippen molar-refractivity contribution < 1.29 is 24.2 Å². The summed E-state index contributed by atoms with van der Waals surface area (Å²) < 4.78 is 11.1. The third kappa shape index (κ3) is 4.08. The molecule has 1 saturated heterocycles. The largest absolute Gasteiger partial charge is 0.506 e. The first kappa shape index (κ1) is 23.7. The van der Waals surface area contributed by atoms with Crippen LogP contribution in [0.25, 0.3) is 21.8 Å². The maximum Gasteiger partial charge on any atom is 0.274 e. The van der Waals surface area contributed by atoms with Gasteiger partial charge >= 0.3 is 0 Å². The molecule has 2 aliphatic rings. The summed E-state index contributed by atoms with van der Waals surface area (Å²) in [5, 5.41) is 11.8. The fraction of sp³-hybridized carbons (Fsp3) is 0.333. The highest BCUT2D eigenvalue weighted by Gasteiger charge is 2.36. The smallest absolute Gasteiger partial charge is 0.274 e. The van der Waals surface area contributed by atoms with Gasteiger partial charge in [0.2, 0.25) is 0 Å². The van der Waals surface area contributed by atoms with Gasteiger partial charge in [0.1, 0.15) is 22.9 Å². The lowest BCUT2D eigenvalue weighted by molar-refractivity contribution is 0.0299. The standard InChI is InChI=1S/C27H27ClN4O5/c1-2-7-37-16-3-4-19-15(10-16)11-20(29-19)27(35)32-14-18(28)24-17-12-21(26(34)31-5-8-36-9-6-31)30-25(17)23(33)13-22(24)32/h3-4,10-13,18,29-30,33H,2,5-9,14H2,1H3. The molecule has 0 spiro atoms. The predicted molar refractivity (Wildman–Crippen MR) is 141 cm³/mol. The molecule has 2 aromatic heterocycles. The Labute approximate surface area is 217 Å². The quantitative estimate of drug-likeness (QED) is 0.333. The van der Waals surface area contributed by atoms with Crippen LogP contribution in [-0.2, 0) is 4.74 Å². The number of alkyl halides is 1. The van der Waals surface area contributed by atoms with Crippen molar-refractivity contribution in [2.24, 2.45) is 0 Å². The first-order chi connectivity index (χ1) is 17.9. The van der Waals surface area contributed by atoms with E-state index in [-0.39, 0.29) is 24.1 Å². The van der Waals surface area contributed by atoms with E-state index in [9.17, 15) is 14.7 Å². The van der Waals surface area contributed by atoms with Crippen molar-refractivity contribution in [3.8, 4) is 11.5 Å². The van der Waals surface area contributed by atoms with E-state index in [2.05, 4.69) is 9.97 Å². The molecule has 0 radical (unpaired) electrons. The van der Waals surface area contributed by atoms with E-state index in [1.165, 1.54) is 6.07 Å². The van der Waals surface area contributed by atoms with Crippen molar-refractivity contribution in [3.63, 3.8) is 0 Å². The Bertz CT molecular complexity index is 1520. The summed E-state index contributed by atoms with van der Waals surface area (Å²) >= 11 is 6.76. The Hall–Kier alpha value is -3.69. The van der Waals surface area contributed by atoms with Crippen LogP contribution in [0.5, 0.6) is 11.5 Å². The molecule has 192 valence electrons. The number of amides is 2. The maximum atomic E-state index is 13.6. The minimum absolute atomic E-state index is 0.0484. The van der Waals surface area contributed by atoms with E-state index in [0.29, 0.717) is 66.5 Å². The number of anilines is 1. The molecule has 4 heterocycles. The first-order valence-corrected chi connectivity index (χ1v) is 12.9. The number of morpholine rings is 1. The van der Waals surface area contributed by atoms with Crippen LogP contribution in [0, 0.1) is 0 Å². The monoisotopic (exact) mass is 522 g/mol. The molecule has 1 fully saturated rings. The van der Waals surface area contributed by atoms with Crippen molar-refractivity contribution in [2.45, 2.75) is 18.7 Å². The molecule has 4 aromatic rings. The normalized spacial score (nSPS) is 17.5. The molecule has 1 atom stereocenters. The molecule has 0 bridgehead atoms. The number of phenols is 1. The Morgan fingerprint density at radius 1 is 1.11 bits per heavy atom. The molecule has 2 aromatic carbocycles. The number of aromatic hydroxyl groups is 1. The molecule has 1 unspecified atom stereocenters. The van der Waals surface area contributed by atoms with Gasteiger partial charge in [0, 0.05) is 47.6 Å². The Morgan fingerprint density at radius 3 is 2.68 bits per heavy atom. The summed E-state index contributed by atoms with van der Waals surface area (Å²) in [7, 11) is 0. The molecule has 0 saturated carbocycles. The third-order valence-corrected chi connectivity index (χ3v) is 7.29. The summed E-state index contributed by atoms with van der Waals surface area (Å²) in [5.74, 6) is 0.287. The van der Waals surface area contributed by atoms with Gasteiger partial charge in [-0.25, -0.2) is 0 Å². The molecular weight excluding hydrogens is 496 g/mol. The van der Waals surface area contributed by atoms with Crippen LogP contribution < -0.4 is 9.64 Å². The zero-order chi connectivity index (χ0) is 25.7. The molecular formula is C27H27ClN4O5. The lowest BCUT2D eigenvalue weighted by Crippen LogP contribution is -2.40. The van der Waals surface area contributed by atoms with Gasteiger partial charge in [-0.1, -0.05) is 6.92 Å². The second-order valence-corrected chi connectivity index (χ2v) is 9.90. The number of carbonyl (C=O) groups is 2. The van der Waals surface area contributed by atoms with Gasteiger partial charge in [-0.05, 0) is 36.8 Å². The van der Waals surface area contributed by atoms with Gasteiger partial charge in [-0.15, -0.1) is 11.6 Å². The second kappa shape index (κ2) is 9.32. The average Bonchev–Trinajstić information content (AvgIpc) is 3.62. The molecule has 6 rings (SSSR count). The highest BCUT2D eigenvalue weighted by molar-refractivity contribution is 6.25. The lowest BCUT2D eigenvalue weighted by atomic mass is 10.1. The van der Waals surface area contributed by atoms with Crippen molar-refractivity contribution in [2.75, 3.05) is 44.4 Å². The number of fused-ring (bicyclic) bond motifs is 4. The zero-order valence-corrected chi connectivity index (χ0v) is 21.1. The first-order valence-electron chi connectivity index (χ1n) is 12.4. The number of nitrogens with one attached hydrogen (secondary N) is 2. The van der Waals surface area contributed by atoms with Gasteiger partial charge in [-0.2, -0.15) is 0 Å². The van der Waals surface area contributed by atoms with E-state index in [1.807, 2.05) is 25.1 Å². The second-order valence-electron chi connectivity index (χ2n) is 9.37. The number of aromatic nitrogens is 2. The third-order valence-electron chi connectivity index (χ3n) is 6.93. The van der Waals surface area contributed by atoms with E-state index in [0.717, 1.165) is 23.1 Å². The van der Waals surface area contributed by atoms with Gasteiger partial charge in [0.15, 0.2) is 0 Å². The highest BCUT2D eigenvalue weighted by Crippen LogP contribution is 2.47. The van der Waals surface area contributed by atoms with Crippen molar-refractivity contribution in [1.82, 2.24) is 14.9 Å². The van der Waals surface area contributed by atoms with Crippen LogP contribution in [0.1, 0.15) is 45.3 Å². The fourth-order valence-electron chi connectivity index (χ4n) is 5.11. The Kier molecular flexibility index (Phi) is 5.97. The van der Waals surface area contributed by atoms with E-state index < -0.39 is 5.38 Å². The fourth-order valence-corrected chi connectivity index (χ4v) is 5.48. The van der Waals surface area contributed by atoms with Crippen LogP contribution in [0.2, 0.25) is 0 Å².